The van der Waals surface area contributed by atoms with E-state index >= 15 is 0 Å². The predicted octanol–water partition coefficient (Wildman–Crippen LogP) is 0.236. The number of rotatable bonds is 4. The smallest absolute Gasteiger partial charge is 0.323 e. The normalized spacial score (nSPS) is 12.1. The average molecular weight is 241 g/mol. The highest BCUT2D eigenvalue weighted by Crippen LogP contribution is 2.32. The fourth-order valence-electron chi connectivity index (χ4n) is 1.34. The number of hydrogen-bond acceptors (Lipinski definition) is 6. The summed E-state index contributed by atoms with van der Waals surface area (Å²) in [4.78, 5) is 11.3. The van der Waals surface area contributed by atoms with Crippen LogP contribution in [0, 0.1) is 0 Å². The van der Waals surface area contributed by atoms with Gasteiger partial charge >= 0.3 is 5.97 Å². The number of carbonyl (C=O) groups is 1. The number of carbonyl (C=O) groups excluding carboxylic acids is 1. The van der Waals surface area contributed by atoms with Gasteiger partial charge < -0.3 is 25.8 Å². The van der Waals surface area contributed by atoms with Crippen molar-refractivity contribution in [2.75, 3.05) is 6.61 Å². The summed E-state index contributed by atoms with van der Waals surface area (Å²) in [5, 5.41) is 27.9. The lowest BCUT2D eigenvalue weighted by molar-refractivity contribution is -0.144. The molecule has 0 aliphatic carbocycles. The van der Waals surface area contributed by atoms with E-state index in [0.717, 1.165) is 12.1 Å². The van der Waals surface area contributed by atoms with E-state index in [1.807, 2.05) is 0 Å². The van der Waals surface area contributed by atoms with Crippen LogP contribution >= 0.6 is 0 Å². The Morgan fingerprint density at radius 2 is 1.88 bits per heavy atom. The second kappa shape index (κ2) is 5.40. The highest BCUT2D eigenvalue weighted by atomic mass is 16.5. The van der Waals surface area contributed by atoms with E-state index in [9.17, 15) is 15.0 Å². The molecule has 1 atom stereocenters. The molecule has 0 unspecified atom stereocenters. The molecule has 0 fully saturated rings. The summed E-state index contributed by atoms with van der Waals surface area (Å²) in [6.07, 6.45) is 0.0124. The molecule has 0 heterocycles. The van der Waals surface area contributed by atoms with Crippen molar-refractivity contribution in [3.63, 3.8) is 0 Å². The summed E-state index contributed by atoms with van der Waals surface area (Å²) in [6, 6.07) is 1.22. The summed E-state index contributed by atoms with van der Waals surface area (Å²) in [7, 11) is 0. The zero-order valence-electron chi connectivity index (χ0n) is 9.38. The SMILES string of the molecule is CCOC(=O)[C@@H](N)Cc1cc(O)c(O)cc1O. The molecule has 0 aliphatic heterocycles. The zero-order valence-corrected chi connectivity index (χ0v) is 9.38. The van der Waals surface area contributed by atoms with Gasteiger partial charge in [0.1, 0.15) is 11.8 Å². The molecule has 0 spiro atoms. The van der Waals surface area contributed by atoms with Crippen LogP contribution in [0.2, 0.25) is 0 Å². The lowest BCUT2D eigenvalue weighted by Gasteiger charge is -2.12. The molecule has 0 saturated heterocycles. The predicted molar refractivity (Wildman–Crippen MR) is 59.7 cm³/mol. The maximum atomic E-state index is 11.3. The standard InChI is InChI=1S/C11H15NO5/c1-2-17-11(16)7(12)3-6-4-9(14)10(15)5-8(6)13/h4-5,7,13-15H,2-3,12H2,1H3/t7-/m0/s1. The first-order valence-corrected chi connectivity index (χ1v) is 5.11. The molecule has 17 heavy (non-hydrogen) atoms. The number of ether oxygens (including phenoxy) is 1. The van der Waals surface area contributed by atoms with Gasteiger partial charge in [0, 0.05) is 12.5 Å². The van der Waals surface area contributed by atoms with Crippen LogP contribution in [-0.2, 0) is 16.0 Å². The monoisotopic (exact) mass is 241 g/mol. The summed E-state index contributed by atoms with van der Waals surface area (Å²) < 4.78 is 4.71. The minimum Gasteiger partial charge on any atom is -0.508 e. The molecule has 0 aromatic heterocycles. The number of nitrogens with two attached hydrogens (primary N) is 1. The molecule has 1 rings (SSSR count). The quantitative estimate of drug-likeness (QED) is 0.341. The summed E-state index contributed by atoms with van der Waals surface area (Å²) in [5.41, 5.74) is 5.83. The molecule has 0 radical (unpaired) electrons. The van der Waals surface area contributed by atoms with Crippen LogP contribution in [-0.4, -0.2) is 33.9 Å². The van der Waals surface area contributed by atoms with E-state index < -0.39 is 17.8 Å². The Morgan fingerprint density at radius 1 is 1.29 bits per heavy atom. The zero-order chi connectivity index (χ0) is 13.0. The van der Waals surface area contributed by atoms with E-state index in [-0.39, 0.29) is 30.1 Å². The lowest BCUT2D eigenvalue weighted by atomic mass is 10.0. The Hall–Kier alpha value is -1.95. The van der Waals surface area contributed by atoms with Crippen molar-refractivity contribution in [1.82, 2.24) is 0 Å². The average Bonchev–Trinajstić information content (AvgIpc) is 2.26. The molecular weight excluding hydrogens is 226 g/mol. The molecule has 6 nitrogen and oxygen atoms in total. The maximum absolute atomic E-state index is 11.3. The molecule has 6 heteroatoms. The van der Waals surface area contributed by atoms with Gasteiger partial charge in [-0.15, -0.1) is 0 Å². The van der Waals surface area contributed by atoms with Crippen LogP contribution in [0.1, 0.15) is 12.5 Å². The molecule has 0 amide bonds. The van der Waals surface area contributed by atoms with Crippen LogP contribution in [0.3, 0.4) is 0 Å². The van der Waals surface area contributed by atoms with Crippen molar-refractivity contribution in [1.29, 1.82) is 0 Å². The van der Waals surface area contributed by atoms with E-state index in [1.165, 1.54) is 0 Å². The van der Waals surface area contributed by atoms with Crippen LogP contribution in [0.5, 0.6) is 17.2 Å². The largest absolute Gasteiger partial charge is 0.508 e. The second-order valence-electron chi connectivity index (χ2n) is 3.53. The Kier molecular flexibility index (Phi) is 4.17. The maximum Gasteiger partial charge on any atom is 0.323 e. The highest BCUT2D eigenvalue weighted by Gasteiger charge is 2.18. The summed E-state index contributed by atoms with van der Waals surface area (Å²) in [6.45, 7) is 1.88. The molecule has 0 bridgehead atoms. The van der Waals surface area contributed by atoms with Crippen LogP contribution < -0.4 is 5.73 Å². The van der Waals surface area contributed by atoms with Gasteiger partial charge in [0.25, 0.3) is 0 Å². The van der Waals surface area contributed by atoms with Gasteiger partial charge in [0.2, 0.25) is 0 Å². The third kappa shape index (κ3) is 3.25. The van der Waals surface area contributed by atoms with Crippen molar-refractivity contribution >= 4 is 5.97 Å². The minimum absolute atomic E-state index is 0.0124. The van der Waals surface area contributed by atoms with Crippen LogP contribution in [0.15, 0.2) is 12.1 Å². The van der Waals surface area contributed by atoms with Crippen LogP contribution in [0.25, 0.3) is 0 Å². The minimum atomic E-state index is -0.926. The molecule has 0 saturated carbocycles. The van der Waals surface area contributed by atoms with Crippen molar-refractivity contribution in [2.24, 2.45) is 5.73 Å². The van der Waals surface area contributed by atoms with E-state index in [1.54, 1.807) is 6.92 Å². The first kappa shape index (κ1) is 13.1. The van der Waals surface area contributed by atoms with Crippen molar-refractivity contribution in [3.8, 4) is 17.2 Å². The summed E-state index contributed by atoms with van der Waals surface area (Å²) >= 11 is 0. The van der Waals surface area contributed by atoms with Crippen molar-refractivity contribution < 1.29 is 24.9 Å². The number of phenolic OH excluding ortho intramolecular Hbond substituents is 3. The fourth-order valence-corrected chi connectivity index (χ4v) is 1.34. The third-order valence-electron chi connectivity index (χ3n) is 2.20. The van der Waals surface area contributed by atoms with Gasteiger partial charge in [-0.1, -0.05) is 0 Å². The number of benzene rings is 1. The van der Waals surface area contributed by atoms with Gasteiger partial charge in [-0.25, -0.2) is 0 Å². The summed E-state index contributed by atoms with van der Waals surface area (Å²) in [5.74, 6) is -1.63. The Bertz CT molecular complexity index is 419. The van der Waals surface area contributed by atoms with E-state index in [4.69, 9.17) is 15.6 Å². The van der Waals surface area contributed by atoms with Crippen molar-refractivity contribution in [2.45, 2.75) is 19.4 Å². The topological polar surface area (TPSA) is 113 Å². The van der Waals surface area contributed by atoms with E-state index in [2.05, 4.69) is 0 Å². The van der Waals surface area contributed by atoms with Gasteiger partial charge in [0.15, 0.2) is 11.5 Å². The third-order valence-corrected chi connectivity index (χ3v) is 2.20. The first-order valence-electron chi connectivity index (χ1n) is 5.11. The van der Waals surface area contributed by atoms with Gasteiger partial charge in [-0.3, -0.25) is 4.79 Å². The van der Waals surface area contributed by atoms with Crippen LogP contribution in [0.4, 0.5) is 0 Å². The Morgan fingerprint density at radius 3 is 2.47 bits per heavy atom. The molecule has 1 aromatic carbocycles. The lowest BCUT2D eigenvalue weighted by Crippen LogP contribution is -2.34. The molecule has 0 aliphatic rings. The van der Waals surface area contributed by atoms with E-state index in [0.29, 0.717) is 0 Å². The van der Waals surface area contributed by atoms with Gasteiger partial charge in [0.05, 0.1) is 6.61 Å². The number of hydrogen-bond donors (Lipinski definition) is 4. The second-order valence-corrected chi connectivity index (χ2v) is 3.53. The van der Waals surface area contributed by atoms with Crippen molar-refractivity contribution in [3.05, 3.63) is 17.7 Å². The number of phenols is 3. The molecule has 5 N–H and O–H groups in total. The van der Waals surface area contributed by atoms with Gasteiger partial charge in [-0.2, -0.15) is 0 Å². The fraction of sp³-hybridized carbons (Fsp3) is 0.364. The molecular formula is C11H15NO5. The molecule has 1 aromatic rings. The Labute approximate surface area is 98.3 Å². The van der Waals surface area contributed by atoms with Gasteiger partial charge in [-0.05, 0) is 18.6 Å². The first-order chi connectivity index (χ1) is 7.95. The highest BCUT2D eigenvalue weighted by molar-refractivity contribution is 5.76. The molecule has 94 valence electrons. The number of esters is 1. The number of aromatic hydroxyl groups is 3. The Balaban J connectivity index is 2.81.